The van der Waals surface area contributed by atoms with E-state index in [0.717, 1.165) is 0 Å². The van der Waals surface area contributed by atoms with E-state index in [1.807, 2.05) is 11.8 Å². The van der Waals surface area contributed by atoms with Crippen molar-refractivity contribution in [1.29, 1.82) is 0 Å². The molecule has 0 aliphatic carbocycles. The number of rotatable bonds is 2. The molecule has 1 aliphatic rings. The van der Waals surface area contributed by atoms with E-state index >= 15 is 0 Å². The monoisotopic (exact) mass is 168 g/mol. The van der Waals surface area contributed by atoms with Gasteiger partial charge in [0.05, 0.1) is 0 Å². The van der Waals surface area contributed by atoms with E-state index in [1.54, 1.807) is 10.5 Å². The molecular weight excluding hydrogens is 152 g/mol. The van der Waals surface area contributed by atoms with Crippen molar-refractivity contribution in [3.8, 4) is 0 Å². The summed E-state index contributed by atoms with van der Waals surface area (Å²) in [6, 6.07) is 0. The van der Waals surface area contributed by atoms with E-state index in [2.05, 4.69) is 26.0 Å². The first-order chi connectivity index (χ1) is 5.38. The normalized spacial score (nSPS) is 19.8. The van der Waals surface area contributed by atoms with Crippen molar-refractivity contribution in [1.82, 2.24) is 0 Å². The largest absolute Gasteiger partial charge is 0.130 e. The molecule has 0 aromatic heterocycles. The van der Waals surface area contributed by atoms with Crippen LogP contribution in [-0.4, -0.2) is 5.75 Å². The molecule has 0 bridgehead atoms. The Labute approximate surface area is 73.8 Å². The minimum Gasteiger partial charge on any atom is -0.130 e. The van der Waals surface area contributed by atoms with Crippen molar-refractivity contribution < 1.29 is 0 Å². The fourth-order valence-electron chi connectivity index (χ4n) is 1.40. The molecule has 0 nitrogen and oxygen atoms in total. The zero-order valence-electron chi connectivity index (χ0n) is 7.39. The smallest absolute Gasteiger partial charge is 0.00200 e. The third kappa shape index (κ3) is 2.41. The number of hydrogen-bond donors (Lipinski definition) is 0. The summed E-state index contributed by atoms with van der Waals surface area (Å²) in [7, 11) is 0. The number of hydrogen-bond acceptors (Lipinski definition) is 1. The van der Waals surface area contributed by atoms with Gasteiger partial charge in [0.15, 0.2) is 0 Å². The van der Waals surface area contributed by atoms with Gasteiger partial charge in [0.1, 0.15) is 0 Å². The van der Waals surface area contributed by atoms with Crippen molar-refractivity contribution in [3.05, 3.63) is 22.6 Å². The van der Waals surface area contributed by atoms with Crippen molar-refractivity contribution in [2.75, 3.05) is 5.75 Å². The first-order valence-corrected chi connectivity index (χ1v) is 5.34. The van der Waals surface area contributed by atoms with Crippen LogP contribution in [0.15, 0.2) is 22.6 Å². The highest BCUT2D eigenvalue weighted by molar-refractivity contribution is 8.03. The second-order valence-electron chi connectivity index (χ2n) is 2.75. The molecule has 0 fully saturated rings. The van der Waals surface area contributed by atoms with Gasteiger partial charge in [-0.1, -0.05) is 19.1 Å². The van der Waals surface area contributed by atoms with Crippen molar-refractivity contribution >= 4 is 11.8 Å². The number of allylic oxidation sites excluding steroid dienone is 4. The quantitative estimate of drug-likeness (QED) is 0.605. The molecule has 0 saturated heterocycles. The van der Waals surface area contributed by atoms with Crippen LogP contribution >= 0.6 is 11.8 Å². The average Bonchev–Trinajstić information content (AvgIpc) is 2.06. The molecule has 0 amide bonds. The Morgan fingerprint density at radius 3 is 3.00 bits per heavy atom. The molecule has 0 spiro atoms. The lowest BCUT2D eigenvalue weighted by atomic mass is 10.1. The summed E-state index contributed by atoms with van der Waals surface area (Å²) in [5.41, 5.74) is 1.58. The molecule has 0 radical (unpaired) electrons. The van der Waals surface area contributed by atoms with Gasteiger partial charge in [0, 0.05) is 0 Å². The van der Waals surface area contributed by atoms with E-state index in [9.17, 15) is 0 Å². The van der Waals surface area contributed by atoms with Crippen LogP contribution in [0, 0.1) is 0 Å². The Morgan fingerprint density at radius 2 is 2.36 bits per heavy atom. The Bertz CT molecular complexity index is 177. The van der Waals surface area contributed by atoms with E-state index in [1.165, 1.54) is 25.0 Å². The highest BCUT2D eigenvalue weighted by atomic mass is 32.2. The predicted octanol–water partition coefficient (Wildman–Crippen LogP) is 3.75. The topological polar surface area (TPSA) is 0 Å². The van der Waals surface area contributed by atoms with Gasteiger partial charge in [-0.3, -0.25) is 0 Å². The predicted molar refractivity (Wildman–Crippen MR) is 53.8 cm³/mol. The van der Waals surface area contributed by atoms with Crippen LogP contribution in [-0.2, 0) is 0 Å². The lowest BCUT2D eigenvalue weighted by Gasteiger charge is -2.15. The third-order valence-electron chi connectivity index (χ3n) is 1.91. The first kappa shape index (κ1) is 8.92. The lowest BCUT2D eigenvalue weighted by molar-refractivity contribution is 0.908. The van der Waals surface area contributed by atoms with Crippen molar-refractivity contribution in [2.24, 2.45) is 0 Å². The molecule has 1 rings (SSSR count). The fourth-order valence-corrected chi connectivity index (χ4v) is 2.49. The Balaban J connectivity index is 2.72. The maximum Gasteiger partial charge on any atom is -0.00200 e. The van der Waals surface area contributed by atoms with Gasteiger partial charge in [0.2, 0.25) is 0 Å². The highest BCUT2D eigenvalue weighted by Crippen LogP contribution is 2.32. The average molecular weight is 168 g/mol. The zero-order valence-corrected chi connectivity index (χ0v) is 8.21. The Kier molecular flexibility index (Phi) is 3.78. The van der Waals surface area contributed by atoms with Crippen LogP contribution in [0.2, 0.25) is 0 Å². The van der Waals surface area contributed by atoms with E-state index < -0.39 is 0 Å². The van der Waals surface area contributed by atoms with Crippen LogP contribution in [0.25, 0.3) is 0 Å². The first-order valence-electron chi connectivity index (χ1n) is 4.36. The molecule has 0 aromatic carbocycles. The molecule has 1 heteroatoms. The summed E-state index contributed by atoms with van der Waals surface area (Å²) in [6.07, 6.45) is 8.28. The van der Waals surface area contributed by atoms with Gasteiger partial charge in [-0.15, -0.1) is 11.8 Å². The van der Waals surface area contributed by atoms with Crippen LogP contribution in [0.3, 0.4) is 0 Å². The molecule has 0 N–H and O–H groups in total. The molecular formula is C10H16S. The minimum absolute atomic E-state index is 1.21. The summed E-state index contributed by atoms with van der Waals surface area (Å²) in [5, 5.41) is 0. The third-order valence-corrected chi connectivity index (χ3v) is 3.31. The number of thioether (sulfide) groups is 1. The van der Waals surface area contributed by atoms with Crippen molar-refractivity contribution in [3.63, 3.8) is 0 Å². The molecule has 0 saturated carbocycles. The van der Waals surface area contributed by atoms with Gasteiger partial charge in [-0.25, -0.2) is 0 Å². The van der Waals surface area contributed by atoms with E-state index in [0.29, 0.717) is 0 Å². The summed E-state index contributed by atoms with van der Waals surface area (Å²) >= 11 is 2.04. The molecule has 0 unspecified atom stereocenters. The zero-order chi connectivity index (χ0) is 8.10. The second-order valence-corrected chi connectivity index (χ2v) is 3.94. The summed E-state index contributed by atoms with van der Waals surface area (Å²) in [6.45, 7) is 4.34. The van der Waals surface area contributed by atoms with Crippen LogP contribution in [0.1, 0.15) is 33.1 Å². The van der Waals surface area contributed by atoms with Crippen molar-refractivity contribution in [2.45, 2.75) is 33.1 Å². The highest BCUT2D eigenvalue weighted by Gasteiger charge is 2.08. The van der Waals surface area contributed by atoms with Crippen LogP contribution < -0.4 is 0 Å². The maximum absolute atomic E-state index is 2.27. The van der Waals surface area contributed by atoms with Gasteiger partial charge in [-0.2, -0.15) is 0 Å². The second kappa shape index (κ2) is 4.66. The summed E-state index contributed by atoms with van der Waals surface area (Å²) in [4.78, 5) is 1.61. The maximum atomic E-state index is 2.27. The van der Waals surface area contributed by atoms with Gasteiger partial charge >= 0.3 is 0 Å². The Morgan fingerprint density at radius 1 is 1.55 bits per heavy atom. The summed E-state index contributed by atoms with van der Waals surface area (Å²) in [5.74, 6) is 1.32. The van der Waals surface area contributed by atoms with Gasteiger partial charge in [0.25, 0.3) is 0 Å². The molecule has 1 heterocycles. The van der Waals surface area contributed by atoms with Gasteiger partial charge in [-0.05, 0) is 42.4 Å². The van der Waals surface area contributed by atoms with Gasteiger partial charge < -0.3 is 0 Å². The molecule has 1 aliphatic heterocycles. The molecule has 11 heavy (non-hydrogen) atoms. The summed E-state index contributed by atoms with van der Waals surface area (Å²) < 4.78 is 0. The SMILES string of the molecule is C/C=C\C1=C(CC)SCCC1. The van der Waals surface area contributed by atoms with E-state index in [-0.39, 0.29) is 0 Å². The standard InChI is InChI=1S/C10H16S/c1-3-6-9-7-5-8-11-10(9)4-2/h3,6H,4-5,7-8H2,1-2H3/b6-3-. The van der Waals surface area contributed by atoms with Crippen LogP contribution in [0.4, 0.5) is 0 Å². The Hall–Kier alpha value is -0.170. The lowest BCUT2D eigenvalue weighted by Crippen LogP contribution is -1.95. The minimum atomic E-state index is 1.21. The molecule has 0 aromatic rings. The fraction of sp³-hybridized carbons (Fsp3) is 0.600. The molecule has 0 atom stereocenters. The molecule has 62 valence electrons. The van der Waals surface area contributed by atoms with Crippen LogP contribution in [0.5, 0.6) is 0 Å². The van der Waals surface area contributed by atoms with E-state index in [4.69, 9.17) is 0 Å².